The predicted octanol–water partition coefficient (Wildman–Crippen LogP) is 3.54. The minimum absolute atomic E-state index is 0.0489. The molecule has 0 saturated carbocycles. The van der Waals surface area contributed by atoms with E-state index in [4.69, 9.17) is 14.2 Å². The Kier molecular flexibility index (Phi) is 10.4. The number of carbonyl (C=O) groups is 1. The van der Waals surface area contributed by atoms with Crippen molar-refractivity contribution in [2.45, 2.75) is 31.9 Å². The van der Waals surface area contributed by atoms with Crippen molar-refractivity contribution in [3.63, 3.8) is 0 Å². The Balaban J connectivity index is 1.66. The highest BCUT2D eigenvalue weighted by atomic mass is 32.1. The number of aliphatic hydroxyl groups is 1. The van der Waals surface area contributed by atoms with Gasteiger partial charge in [0.1, 0.15) is 18.1 Å². The Morgan fingerprint density at radius 2 is 2.09 bits per heavy atom. The monoisotopic (exact) mass is 488 g/mol. The molecule has 2 unspecified atom stereocenters. The molecule has 0 fully saturated rings. The number of methoxy groups -OCH3 is 1. The summed E-state index contributed by atoms with van der Waals surface area (Å²) in [7, 11) is 1.63. The molecular formula is C26H36N2O5S. The lowest BCUT2D eigenvalue weighted by Crippen LogP contribution is -2.48. The van der Waals surface area contributed by atoms with Crippen molar-refractivity contribution in [3.05, 3.63) is 58.8 Å². The highest BCUT2D eigenvalue weighted by Gasteiger charge is 2.33. The van der Waals surface area contributed by atoms with E-state index in [1.807, 2.05) is 34.1 Å². The Hall–Kier alpha value is -2.39. The van der Waals surface area contributed by atoms with Gasteiger partial charge in [0.25, 0.3) is 0 Å². The standard InChI is InChI=1S/C26H36N2O5S/c1-4-12-27(16-20(29)18-32-14-5-2)17-26(30)28-13-10-25-23(11-15-34-25)24(28)19-33-22-8-6-21(31-3)7-9-22/h5-9,11,15,20,24,29H,2,4,10,12-14,16-19H2,1,3H3. The molecule has 0 spiro atoms. The lowest BCUT2D eigenvalue weighted by Gasteiger charge is -2.37. The molecule has 1 amide bonds. The van der Waals surface area contributed by atoms with E-state index in [0.29, 0.717) is 26.3 Å². The first-order valence-electron chi connectivity index (χ1n) is 11.8. The van der Waals surface area contributed by atoms with Gasteiger partial charge in [-0.2, -0.15) is 0 Å². The lowest BCUT2D eigenvalue weighted by molar-refractivity contribution is -0.136. The number of aliphatic hydroxyl groups excluding tert-OH is 1. The maximum Gasteiger partial charge on any atom is 0.237 e. The molecule has 0 saturated heterocycles. The van der Waals surface area contributed by atoms with Crippen LogP contribution in [-0.4, -0.2) is 80.0 Å². The molecule has 2 heterocycles. The lowest BCUT2D eigenvalue weighted by atomic mass is 10.0. The van der Waals surface area contributed by atoms with Gasteiger partial charge in [-0.05, 0) is 60.7 Å². The second kappa shape index (κ2) is 13.5. The van der Waals surface area contributed by atoms with Gasteiger partial charge in [-0.15, -0.1) is 17.9 Å². The van der Waals surface area contributed by atoms with Crippen LogP contribution in [-0.2, 0) is 16.0 Å². The van der Waals surface area contributed by atoms with E-state index in [1.54, 1.807) is 24.5 Å². The van der Waals surface area contributed by atoms with Gasteiger partial charge in [-0.1, -0.05) is 13.0 Å². The zero-order valence-electron chi connectivity index (χ0n) is 20.2. The van der Waals surface area contributed by atoms with Crippen molar-refractivity contribution < 1.29 is 24.1 Å². The van der Waals surface area contributed by atoms with Crippen LogP contribution in [0.2, 0.25) is 0 Å². The number of amides is 1. The quantitative estimate of drug-likeness (QED) is 0.324. The normalized spacial score (nSPS) is 16.2. The van der Waals surface area contributed by atoms with E-state index in [2.05, 4.69) is 24.9 Å². The molecule has 1 N–H and O–H groups in total. The van der Waals surface area contributed by atoms with Crippen molar-refractivity contribution in [2.24, 2.45) is 0 Å². The highest BCUT2D eigenvalue weighted by molar-refractivity contribution is 7.10. The van der Waals surface area contributed by atoms with Gasteiger partial charge in [0.05, 0.1) is 39.0 Å². The zero-order valence-corrected chi connectivity index (χ0v) is 21.0. The Morgan fingerprint density at radius 3 is 2.79 bits per heavy atom. The molecule has 0 radical (unpaired) electrons. The summed E-state index contributed by atoms with van der Waals surface area (Å²) in [5, 5.41) is 12.4. The minimum Gasteiger partial charge on any atom is -0.497 e. The number of rotatable bonds is 14. The number of nitrogens with zero attached hydrogens (tertiary/aromatic N) is 2. The summed E-state index contributed by atoms with van der Waals surface area (Å²) in [5.41, 5.74) is 1.16. The summed E-state index contributed by atoms with van der Waals surface area (Å²) in [4.78, 5) is 18.7. The molecule has 186 valence electrons. The van der Waals surface area contributed by atoms with Crippen molar-refractivity contribution >= 4 is 17.2 Å². The van der Waals surface area contributed by atoms with Crippen LogP contribution in [0, 0.1) is 0 Å². The van der Waals surface area contributed by atoms with Crippen LogP contribution in [0.25, 0.3) is 0 Å². The summed E-state index contributed by atoms with van der Waals surface area (Å²) in [6.07, 6.45) is 2.75. The molecule has 7 nitrogen and oxygen atoms in total. The van der Waals surface area contributed by atoms with Crippen molar-refractivity contribution in [2.75, 3.05) is 53.1 Å². The van der Waals surface area contributed by atoms with Crippen LogP contribution in [0.4, 0.5) is 0 Å². The summed E-state index contributed by atoms with van der Waals surface area (Å²) in [6, 6.07) is 9.44. The molecule has 8 heteroatoms. The third kappa shape index (κ3) is 7.30. The number of fused-ring (bicyclic) bond motifs is 1. The molecular weight excluding hydrogens is 452 g/mol. The van der Waals surface area contributed by atoms with E-state index in [1.165, 1.54) is 4.88 Å². The van der Waals surface area contributed by atoms with Gasteiger partial charge < -0.3 is 24.2 Å². The second-order valence-corrected chi connectivity index (χ2v) is 9.35. The van der Waals surface area contributed by atoms with Gasteiger partial charge in [0, 0.05) is 18.0 Å². The van der Waals surface area contributed by atoms with E-state index in [-0.39, 0.29) is 25.1 Å². The third-order valence-electron chi connectivity index (χ3n) is 5.80. The van der Waals surface area contributed by atoms with E-state index >= 15 is 0 Å². The van der Waals surface area contributed by atoms with Crippen molar-refractivity contribution in [1.82, 2.24) is 9.80 Å². The summed E-state index contributed by atoms with van der Waals surface area (Å²) >= 11 is 1.73. The van der Waals surface area contributed by atoms with Crippen molar-refractivity contribution in [1.29, 1.82) is 0 Å². The zero-order chi connectivity index (χ0) is 24.3. The smallest absolute Gasteiger partial charge is 0.237 e. The van der Waals surface area contributed by atoms with E-state index < -0.39 is 6.10 Å². The van der Waals surface area contributed by atoms with Crippen LogP contribution in [0.1, 0.15) is 29.8 Å². The SMILES string of the molecule is C=CCOCC(O)CN(CCC)CC(=O)N1CCc2sccc2C1COc1ccc(OC)cc1. The van der Waals surface area contributed by atoms with Gasteiger partial charge >= 0.3 is 0 Å². The summed E-state index contributed by atoms with van der Waals surface area (Å²) in [6.45, 7) is 8.73. The van der Waals surface area contributed by atoms with E-state index in [9.17, 15) is 9.90 Å². The van der Waals surface area contributed by atoms with E-state index in [0.717, 1.165) is 36.4 Å². The number of ether oxygens (including phenoxy) is 3. The Bertz CT molecular complexity index is 901. The Morgan fingerprint density at radius 1 is 1.32 bits per heavy atom. The highest BCUT2D eigenvalue weighted by Crippen LogP contribution is 2.34. The van der Waals surface area contributed by atoms with Gasteiger partial charge in [-0.3, -0.25) is 9.69 Å². The number of thiophene rings is 1. The van der Waals surface area contributed by atoms with Crippen LogP contribution in [0.15, 0.2) is 48.4 Å². The second-order valence-electron chi connectivity index (χ2n) is 8.35. The molecule has 1 aromatic heterocycles. The molecule has 0 bridgehead atoms. The molecule has 2 atom stereocenters. The topological polar surface area (TPSA) is 71.5 Å². The fourth-order valence-corrected chi connectivity index (χ4v) is 5.12. The summed E-state index contributed by atoms with van der Waals surface area (Å²) < 4.78 is 16.7. The first-order valence-corrected chi connectivity index (χ1v) is 12.6. The number of carbonyl (C=O) groups excluding carboxylic acids is 1. The first kappa shape index (κ1) is 26.2. The number of benzene rings is 1. The van der Waals surface area contributed by atoms with Crippen molar-refractivity contribution in [3.8, 4) is 11.5 Å². The average Bonchev–Trinajstić information content (AvgIpc) is 3.32. The fourth-order valence-electron chi connectivity index (χ4n) is 4.19. The molecule has 1 aliphatic heterocycles. The Labute approximate surface area is 206 Å². The maximum absolute atomic E-state index is 13.5. The molecule has 34 heavy (non-hydrogen) atoms. The van der Waals surface area contributed by atoms with Crippen LogP contribution in [0.5, 0.6) is 11.5 Å². The molecule has 2 aromatic rings. The van der Waals surface area contributed by atoms with Crippen LogP contribution < -0.4 is 9.47 Å². The van der Waals surface area contributed by atoms with Gasteiger partial charge in [0.2, 0.25) is 5.91 Å². The van der Waals surface area contributed by atoms with Crippen LogP contribution in [0.3, 0.4) is 0 Å². The molecule has 3 rings (SSSR count). The number of hydrogen-bond donors (Lipinski definition) is 1. The average molecular weight is 489 g/mol. The first-order chi connectivity index (χ1) is 16.5. The predicted molar refractivity (Wildman–Crippen MR) is 135 cm³/mol. The fraction of sp³-hybridized carbons (Fsp3) is 0.500. The van der Waals surface area contributed by atoms with Gasteiger partial charge in [-0.25, -0.2) is 0 Å². The molecule has 1 aliphatic rings. The largest absolute Gasteiger partial charge is 0.497 e. The van der Waals surface area contributed by atoms with Gasteiger partial charge in [0.15, 0.2) is 0 Å². The number of hydrogen-bond acceptors (Lipinski definition) is 7. The molecule has 1 aromatic carbocycles. The third-order valence-corrected chi connectivity index (χ3v) is 6.79. The maximum atomic E-state index is 13.5. The minimum atomic E-state index is -0.654. The summed E-state index contributed by atoms with van der Waals surface area (Å²) in [5.74, 6) is 1.56. The van der Waals surface area contributed by atoms with Crippen LogP contribution >= 0.6 is 11.3 Å². The molecule has 0 aliphatic carbocycles.